The molecule has 0 saturated carbocycles. The van der Waals surface area contributed by atoms with Gasteiger partial charge < -0.3 is 11.1 Å². The number of nitrogens with one attached hydrogen (secondary N) is 1. The van der Waals surface area contributed by atoms with E-state index in [4.69, 9.17) is 17.3 Å². The third-order valence-corrected chi connectivity index (χ3v) is 3.08. The number of hydrogen-bond acceptors (Lipinski definition) is 2. The Hall–Kier alpha value is -1.51. The molecule has 1 unspecified atom stereocenters. The molecule has 0 saturated heterocycles. The molecule has 18 heavy (non-hydrogen) atoms. The maximum atomic E-state index is 5.97. The van der Waals surface area contributed by atoms with E-state index in [2.05, 4.69) is 30.4 Å². The smallest absolute Gasteiger partial charge is 0.0636 e. The van der Waals surface area contributed by atoms with E-state index in [1.807, 2.05) is 30.3 Å². The molecule has 1 atom stereocenters. The molecule has 2 rings (SSSR count). The summed E-state index contributed by atoms with van der Waals surface area (Å²) in [4.78, 5) is 0. The van der Waals surface area contributed by atoms with Gasteiger partial charge in [0.1, 0.15) is 0 Å². The highest BCUT2D eigenvalue weighted by Crippen LogP contribution is 2.22. The molecule has 0 radical (unpaired) electrons. The second-order valence-electron chi connectivity index (χ2n) is 4.36. The van der Waals surface area contributed by atoms with Crippen molar-refractivity contribution in [2.75, 3.05) is 11.9 Å². The molecule has 3 heteroatoms. The third kappa shape index (κ3) is 3.25. The van der Waals surface area contributed by atoms with Crippen molar-refractivity contribution in [3.63, 3.8) is 0 Å². The van der Waals surface area contributed by atoms with Gasteiger partial charge in [-0.3, -0.25) is 0 Å². The zero-order valence-corrected chi connectivity index (χ0v) is 11.1. The van der Waals surface area contributed by atoms with Crippen LogP contribution in [0.2, 0.25) is 5.02 Å². The third-order valence-electron chi connectivity index (χ3n) is 2.85. The van der Waals surface area contributed by atoms with Crippen molar-refractivity contribution in [2.45, 2.75) is 13.0 Å². The SMILES string of the molecule is Cc1cccc(C(CN)Nc2cccc(Cl)c2)c1. The van der Waals surface area contributed by atoms with Crippen LogP contribution >= 0.6 is 11.6 Å². The van der Waals surface area contributed by atoms with Crippen molar-refractivity contribution >= 4 is 17.3 Å². The van der Waals surface area contributed by atoms with E-state index in [0.717, 1.165) is 10.7 Å². The van der Waals surface area contributed by atoms with Gasteiger partial charge in [-0.1, -0.05) is 47.5 Å². The molecular weight excluding hydrogens is 244 g/mol. The zero-order valence-electron chi connectivity index (χ0n) is 10.4. The van der Waals surface area contributed by atoms with Gasteiger partial charge in [-0.2, -0.15) is 0 Å². The number of benzene rings is 2. The molecule has 0 amide bonds. The Balaban J connectivity index is 2.19. The lowest BCUT2D eigenvalue weighted by Crippen LogP contribution is -2.20. The summed E-state index contributed by atoms with van der Waals surface area (Å²) < 4.78 is 0. The highest BCUT2D eigenvalue weighted by atomic mass is 35.5. The highest BCUT2D eigenvalue weighted by molar-refractivity contribution is 6.30. The first-order chi connectivity index (χ1) is 8.69. The van der Waals surface area contributed by atoms with Crippen molar-refractivity contribution in [3.8, 4) is 0 Å². The van der Waals surface area contributed by atoms with Crippen LogP contribution in [0.4, 0.5) is 5.69 Å². The monoisotopic (exact) mass is 260 g/mol. The summed E-state index contributed by atoms with van der Waals surface area (Å²) in [6.07, 6.45) is 0. The first-order valence-electron chi connectivity index (χ1n) is 5.98. The van der Waals surface area contributed by atoms with Crippen LogP contribution in [-0.4, -0.2) is 6.54 Å². The van der Waals surface area contributed by atoms with Crippen LogP contribution in [0.15, 0.2) is 48.5 Å². The molecular formula is C15H17ClN2. The fourth-order valence-corrected chi connectivity index (χ4v) is 2.13. The molecule has 0 aliphatic rings. The summed E-state index contributed by atoms with van der Waals surface area (Å²) in [5.41, 5.74) is 9.26. The van der Waals surface area contributed by atoms with Crippen LogP contribution in [0, 0.1) is 6.92 Å². The maximum Gasteiger partial charge on any atom is 0.0636 e. The maximum absolute atomic E-state index is 5.97. The molecule has 0 aliphatic carbocycles. The molecule has 0 aliphatic heterocycles. The molecule has 0 bridgehead atoms. The van der Waals surface area contributed by atoms with Crippen LogP contribution in [0.5, 0.6) is 0 Å². The highest BCUT2D eigenvalue weighted by Gasteiger charge is 2.09. The van der Waals surface area contributed by atoms with Crippen molar-refractivity contribution in [3.05, 3.63) is 64.7 Å². The van der Waals surface area contributed by atoms with Crippen molar-refractivity contribution in [1.29, 1.82) is 0 Å². The second kappa shape index (κ2) is 5.89. The van der Waals surface area contributed by atoms with E-state index >= 15 is 0 Å². The Labute approximate surface area is 113 Å². The van der Waals surface area contributed by atoms with Crippen LogP contribution in [-0.2, 0) is 0 Å². The number of halogens is 1. The van der Waals surface area contributed by atoms with Gasteiger partial charge in [0, 0.05) is 17.3 Å². The number of rotatable bonds is 4. The Bertz CT molecular complexity index is 525. The quantitative estimate of drug-likeness (QED) is 0.878. The second-order valence-corrected chi connectivity index (χ2v) is 4.79. The van der Waals surface area contributed by atoms with Gasteiger partial charge in [-0.15, -0.1) is 0 Å². The molecule has 94 valence electrons. The molecule has 0 spiro atoms. The van der Waals surface area contributed by atoms with Crippen LogP contribution in [0.1, 0.15) is 17.2 Å². The first-order valence-corrected chi connectivity index (χ1v) is 6.35. The standard InChI is InChI=1S/C15H17ClN2/c1-11-4-2-5-12(8-11)15(10-17)18-14-7-3-6-13(16)9-14/h2-9,15,18H,10,17H2,1H3. The van der Waals surface area contributed by atoms with Gasteiger partial charge in [0.15, 0.2) is 0 Å². The average molecular weight is 261 g/mol. The summed E-state index contributed by atoms with van der Waals surface area (Å²) >= 11 is 5.97. The average Bonchev–Trinajstić information content (AvgIpc) is 2.36. The Morgan fingerprint density at radius 3 is 2.61 bits per heavy atom. The predicted octanol–water partition coefficient (Wildman–Crippen LogP) is 3.76. The predicted molar refractivity (Wildman–Crippen MR) is 78.0 cm³/mol. The lowest BCUT2D eigenvalue weighted by molar-refractivity contribution is 0.789. The largest absolute Gasteiger partial charge is 0.377 e. The molecule has 2 aromatic carbocycles. The molecule has 0 fully saturated rings. The summed E-state index contributed by atoms with van der Waals surface area (Å²) in [6, 6.07) is 16.1. The van der Waals surface area contributed by atoms with Gasteiger partial charge in [0.25, 0.3) is 0 Å². The van der Waals surface area contributed by atoms with Crippen LogP contribution in [0.3, 0.4) is 0 Å². The lowest BCUT2D eigenvalue weighted by Gasteiger charge is -2.19. The van der Waals surface area contributed by atoms with E-state index < -0.39 is 0 Å². The topological polar surface area (TPSA) is 38.0 Å². The normalized spacial score (nSPS) is 12.2. The number of hydrogen-bond donors (Lipinski definition) is 2. The van der Waals surface area contributed by atoms with E-state index in [1.54, 1.807) is 0 Å². The molecule has 3 N–H and O–H groups in total. The summed E-state index contributed by atoms with van der Waals surface area (Å²) in [7, 11) is 0. The van der Waals surface area contributed by atoms with Crippen molar-refractivity contribution < 1.29 is 0 Å². The Kier molecular flexibility index (Phi) is 4.24. The lowest BCUT2D eigenvalue weighted by atomic mass is 10.0. The van der Waals surface area contributed by atoms with E-state index in [9.17, 15) is 0 Å². The van der Waals surface area contributed by atoms with Crippen molar-refractivity contribution in [2.24, 2.45) is 5.73 Å². The number of nitrogens with two attached hydrogens (primary N) is 1. The molecule has 0 aromatic heterocycles. The Morgan fingerprint density at radius 2 is 1.94 bits per heavy atom. The number of aryl methyl sites for hydroxylation is 1. The molecule has 2 aromatic rings. The minimum absolute atomic E-state index is 0.100. The summed E-state index contributed by atoms with van der Waals surface area (Å²) in [5, 5.41) is 4.13. The van der Waals surface area contributed by atoms with Crippen LogP contribution in [0.25, 0.3) is 0 Å². The van der Waals surface area contributed by atoms with Gasteiger partial charge in [-0.05, 0) is 30.7 Å². The van der Waals surface area contributed by atoms with Gasteiger partial charge in [0.05, 0.1) is 6.04 Å². The van der Waals surface area contributed by atoms with Crippen molar-refractivity contribution in [1.82, 2.24) is 0 Å². The summed E-state index contributed by atoms with van der Waals surface area (Å²) in [6.45, 7) is 2.62. The van der Waals surface area contributed by atoms with Gasteiger partial charge in [0.2, 0.25) is 0 Å². The van der Waals surface area contributed by atoms with E-state index in [1.165, 1.54) is 11.1 Å². The van der Waals surface area contributed by atoms with Crippen LogP contribution < -0.4 is 11.1 Å². The van der Waals surface area contributed by atoms with Gasteiger partial charge in [-0.25, -0.2) is 0 Å². The molecule has 0 heterocycles. The molecule has 2 nitrogen and oxygen atoms in total. The minimum Gasteiger partial charge on any atom is -0.377 e. The van der Waals surface area contributed by atoms with Gasteiger partial charge >= 0.3 is 0 Å². The fraction of sp³-hybridized carbons (Fsp3) is 0.200. The van der Waals surface area contributed by atoms with E-state index in [0.29, 0.717) is 6.54 Å². The summed E-state index contributed by atoms with van der Waals surface area (Å²) in [5.74, 6) is 0. The van der Waals surface area contributed by atoms with E-state index in [-0.39, 0.29) is 6.04 Å². The Morgan fingerprint density at radius 1 is 1.17 bits per heavy atom. The minimum atomic E-state index is 0.100. The zero-order chi connectivity index (χ0) is 13.0. The first kappa shape index (κ1) is 12.9. The number of anilines is 1. The fourth-order valence-electron chi connectivity index (χ4n) is 1.94.